The summed E-state index contributed by atoms with van der Waals surface area (Å²) in [4.78, 5) is 10.1. The van der Waals surface area contributed by atoms with Gasteiger partial charge in [-0.3, -0.25) is 14.9 Å². The van der Waals surface area contributed by atoms with Gasteiger partial charge in [-0.1, -0.05) is 0 Å². The SMILES string of the molecule is CN[Si](NC)(NC(C)(C)C)OC(C)(C)C. The van der Waals surface area contributed by atoms with Gasteiger partial charge < -0.3 is 4.43 Å². The van der Waals surface area contributed by atoms with Gasteiger partial charge in [-0.2, -0.15) is 0 Å². The summed E-state index contributed by atoms with van der Waals surface area (Å²) in [5, 5.41) is 0. The molecule has 0 rings (SSSR count). The van der Waals surface area contributed by atoms with E-state index in [9.17, 15) is 0 Å². The summed E-state index contributed by atoms with van der Waals surface area (Å²) in [6.07, 6.45) is 0. The lowest BCUT2D eigenvalue weighted by Gasteiger charge is -2.40. The quantitative estimate of drug-likeness (QED) is 0.636. The van der Waals surface area contributed by atoms with Crippen molar-refractivity contribution in [3.05, 3.63) is 0 Å². The van der Waals surface area contributed by atoms with Gasteiger partial charge in [0.05, 0.1) is 5.60 Å². The van der Waals surface area contributed by atoms with E-state index in [1.54, 1.807) is 0 Å². The van der Waals surface area contributed by atoms with E-state index in [4.69, 9.17) is 4.43 Å². The van der Waals surface area contributed by atoms with Gasteiger partial charge in [0.1, 0.15) is 0 Å². The van der Waals surface area contributed by atoms with Crippen LogP contribution in [-0.2, 0) is 4.43 Å². The van der Waals surface area contributed by atoms with E-state index in [1.807, 2.05) is 14.1 Å². The van der Waals surface area contributed by atoms with E-state index in [1.165, 1.54) is 0 Å². The van der Waals surface area contributed by atoms with Crippen LogP contribution in [0.4, 0.5) is 0 Å². The molecule has 0 aromatic carbocycles. The van der Waals surface area contributed by atoms with Crippen LogP contribution in [0.15, 0.2) is 0 Å². The van der Waals surface area contributed by atoms with Crippen molar-refractivity contribution in [2.24, 2.45) is 0 Å². The van der Waals surface area contributed by atoms with Gasteiger partial charge >= 0.3 is 8.80 Å². The number of hydrogen-bond donors (Lipinski definition) is 3. The van der Waals surface area contributed by atoms with Gasteiger partial charge in [-0.05, 0) is 55.6 Å². The maximum atomic E-state index is 6.11. The van der Waals surface area contributed by atoms with E-state index < -0.39 is 8.80 Å². The molecule has 0 heterocycles. The summed E-state index contributed by atoms with van der Waals surface area (Å²) in [5.74, 6) is 0. The molecule has 0 spiro atoms. The molecular weight excluding hydrogens is 206 g/mol. The van der Waals surface area contributed by atoms with Gasteiger partial charge in [0.25, 0.3) is 0 Å². The third kappa shape index (κ3) is 6.27. The van der Waals surface area contributed by atoms with E-state index in [0.29, 0.717) is 0 Å². The first-order valence-electron chi connectivity index (χ1n) is 5.41. The summed E-state index contributed by atoms with van der Waals surface area (Å²) in [7, 11) is 1.58. The topological polar surface area (TPSA) is 45.3 Å². The summed E-state index contributed by atoms with van der Waals surface area (Å²) in [6, 6.07) is 0. The first-order chi connectivity index (χ1) is 6.54. The van der Waals surface area contributed by atoms with Crippen LogP contribution >= 0.6 is 0 Å². The molecule has 0 aliphatic rings. The molecule has 15 heavy (non-hydrogen) atoms. The van der Waals surface area contributed by atoms with Crippen molar-refractivity contribution in [2.75, 3.05) is 14.1 Å². The Morgan fingerprint density at radius 2 is 1.27 bits per heavy atom. The van der Waals surface area contributed by atoms with Crippen LogP contribution in [0.2, 0.25) is 0 Å². The molecule has 0 bridgehead atoms. The zero-order valence-corrected chi connectivity index (χ0v) is 12.4. The highest BCUT2D eigenvalue weighted by molar-refractivity contribution is 6.66. The maximum absolute atomic E-state index is 6.11. The van der Waals surface area contributed by atoms with Gasteiger partial charge in [0.2, 0.25) is 0 Å². The molecule has 0 fully saturated rings. The molecule has 0 aliphatic carbocycles. The fourth-order valence-electron chi connectivity index (χ4n) is 1.36. The summed E-state index contributed by atoms with van der Waals surface area (Å²) in [6.45, 7) is 12.6. The fourth-order valence-corrected chi connectivity index (χ4v) is 4.09. The zero-order chi connectivity index (χ0) is 12.3. The van der Waals surface area contributed by atoms with E-state index in [0.717, 1.165) is 0 Å². The maximum Gasteiger partial charge on any atom is 0.440 e. The van der Waals surface area contributed by atoms with Gasteiger partial charge in [0.15, 0.2) is 0 Å². The molecule has 0 radical (unpaired) electrons. The van der Waals surface area contributed by atoms with Gasteiger partial charge in [-0.25, -0.2) is 0 Å². The van der Waals surface area contributed by atoms with Crippen molar-refractivity contribution in [1.29, 1.82) is 0 Å². The monoisotopic (exact) mass is 233 g/mol. The number of rotatable bonds is 4. The Kier molecular flexibility index (Phi) is 4.94. The molecule has 0 saturated carbocycles. The second-order valence-electron chi connectivity index (χ2n) is 5.77. The van der Waals surface area contributed by atoms with Crippen molar-refractivity contribution in [3.8, 4) is 0 Å². The summed E-state index contributed by atoms with van der Waals surface area (Å²) >= 11 is 0. The Hall–Kier alpha value is 0.0569. The van der Waals surface area contributed by atoms with Gasteiger partial charge in [-0.15, -0.1) is 0 Å². The fraction of sp³-hybridized carbons (Fsp3) is 1.00. The molecule has 0 unspecified atom stereocenters. The Balaban J connectivity index is 4.74. The molecule has 0 aromatic heterocycles. The van der Waals surface area contributed by atoms with Crippen molar-refractivity contribution in [1.82, 2.24) is 14.9 Å². The lowest BCUT2D eigenvalue weighted by Crippen LogP contribution is -2.77. The Bertz CT molecular complexity index is 174. The van der Waals surface area contributed by atoms with Crippen molar-refractivity contribution >= 4 is 8.80 Å². The second kappa shape index (κ2) is 4.93. The lowest BCUT2D eigenvalue weighted by atomic mass is 10.1. The molecule has 0 saturated heterocycles. The second-order valence-corrected chi connectivity index (χ2v) is 8.59. The average Bonchev–Trinajstić information content (AvgIpc) is 1.98. The molecule has 0 amide bonds. The highest BCUT2D eigenvalue weighted by atomic mass is 28.4. The third-order valence-corrected chi connectivity index (χ3v) is 5.14. The Morgan fingerprint density at radius 3 is 1.47 bits per heavy atom. The molecule has 4 nitrogen and oxygen atoms in total. The summed E-state index contributed by atoms with van der Waals surface area (Å²) in [5.41, 5.74) is -0.153. The molecule has 0 atom stereocenters. The molecule has 92 valence electrons. The predicted molar refractivity (Wildman–Crippen MR) is 67.6 cm³/mol. The van der Waals surface area contributed by atoms with Crippen LogP contribution in [0.25, 0.3) is 0 Å². The highest BCUT2D eigenvalue weighted by Crippen LogP contribution is 2.13. The van der Waals surface area contributed by atoms with Crippen LogP contribution in [0.1, 0.15) is 41.5 Å². The van der Waals surface area contributed by atoms with Crippen LogP contribution in [0.5, 0.6) is 0 Å². The first kappa shape index (κ1) is 15.1. The number of hydrogen-bond acceptors (Lipinski definition) is 4. The van der Waals surface area contributed by atoms with E-state index >= 15 is 0 Å². The van der Waals surface area contributed by atoms with Crippen LogP contribution in [-0.4, -0.2) is 34.0 Å². The van der Waals surface area contributed by atoms with Crippen molar-refractivity contribution < 1.29 is 4.43 Å². The van der Waals surface area contributed by atoms with Crippen molar-refractivity contribution in [3.63, 3.8) is 0 Å². The average molecular weight is 233 g/mol. The lowest BCUT2D eigenvalue weighted by molar-refractivity contribution is 0.0987. The first-order valence-corrected chi connectivity index (χ1v) is 7.32. The minimum Gasteiger partial charge on any atom is -0.375 e. The standard InChI is InChI=1S/C10H27N3OSi/c1-9(2,3)13-15(11-7,12-8)14-10(4,5)6/h11-13H,1-8H3. The molecule has 0 aliphatic heterocycles. The minimum absolute atomic E-state index is 0.0174. The van der Waals surface area contributed by atoms with Crippen LogP contribution in [0.3, 0.4) is 0 Å². The van der Waals surface area contributed by atoms with Crippen molar-refractivity contribution in [2.45, 2.75) is 52.7 Å². The van der Waals surface area contributed by atoms with Gasteiger partial charge in [0, 0.05) is 5.54 Å². The van der Waals surface area contributed by atoms with E-state index in [2.05, 4.69) is 56.5 Å². The molecule has 5 heteroatoms. The summed E-state index contributed by atoms with van der Waals surface area (Å²) < 4.78 is 6.11. The predicted octanol–water partition coefficient (Wildman–Crippen LogP) is 1.06. The Labute approximate surface area is 95.5 Å². The van der Waals surface area contributed by atoms with E-state index in [-0.39, 0.29) is 11.1 Å². The smallest absolute Gasteiger partial charge is 0.375 e. The Morgan fingerprint density at radius 1 is 0.867 bits per heavy atom. The number of nitrogens with one attached hydrogen (secondary N) is 3. The largest absolute Gasteiger partial charge is 0.440 e. The zero-order valence-electron chi connectivity index (χ0n) is 11.4. The van der Waals surface area contributed by atoms with Crippen LogP contribution in [0, 0.1) is 0 Å². The minimum atomic E-state index is -2.26. The third-order valence-electron chi connectivity index (χ3n) is 1.71. The molecule has 0 aromatic rings. The molecule has 3 N–H and O–H groups in total. The van der Waals surface area contributed by atoms with Crippen LogP contribution < -0.4 is 14.9 Å². The highest BCUT2D eigenvalue weighted by Gasteiger charge is 2.41. The molecular formula is C10H27N3OSi. The normalized spacial score (nSPS) is 14.4.